The number of aryl methyl sites for hydroxylation is 1. The van der Waals surface area contributed by atoms with Gasteiger partial charge in [-0.3, -0.25) is 9.58 Å². The number of hydrogen-bond acceptors (Lipinski definition) is 7. The van der Waals surface area contributed by atoms with Gasteiger partial charge in [-0.25, -0.2) is 19.8 Å². The van der Waals surface area contributed by atoms with Gasteiger partial charge in [0.15, 0.2) is 5.82 Å². The summed E-state index contributed by atoms with van der Waals surface area (Å²) in [5.41, 5.74) is 11.7. The molecule has 4 heterocycles. The number of nitrogens with one attached hydrogen (secondary N) is 2. The fourth-order valence-corrected chi connectivity index (χ4v) is 5.38. The van der Waals surface area contributed by atoms with Crippen LogP contribution in [-0.2, 0) is 25.2 Å². The Morgan fingerprint density at radius 3 is 2.88 bits per heavy atom. The van der Waals surface area contributed by atoms with E-state index in [2.05, 4.69) is 25.8 Å². The van der Waals surface area contributed by atoms with Gasteiger partial charge in [-0.15, -0.1) is 0 Å². The highest BCUT2D eigenvalue weighted by atomic mass is 35.5. The van der Waals surface area contributed by atoms with Gasteiger partial charge in [0.2, 0.25) is 0 Å². The van der Waals surface area contributed by atoms with Crippen molar-refractivity contribution in [3.05, 3.63) is 57.4 Å². The average Bonchev–Trinajstić information content (AvgIpc) is 3.27. The summed E-state index contributed by atoms with van der Waals surface area (Å²) in [6, 6.07) is 3.23. The van der Waals surface area contributed by atoms with Crippen molar-refractivity contribution >= 4 is 17.4 Å². The fraction of sp³-hybridized carbons (Fsp3) is 0.435. The largest absolute Gasteiger partial charge is 0.394 e. The van der Waals surface area contributed by atoms with Crippen molar-refractivity contribution in [1.29, 1.82) is 0 Å². The Labute approximate surface area is 196 Å². The Bertz CT molecular complexity index is 1250. The highest BCUT2D eigenvalue weighted by Crippen LogP contribution is 2.46. The molecule has 0 radical (unpaired) electrons. The standard InChI is InChI=1S/C23H27ClFN7O/c1-12-18-14(5-6-15(25)20(18)24)10-31(4)11-17-19(13(2)29-32(17)7-8-33)16-9-26-22-21(27-16)23(12,3)30-28-22/h5-6,9,12,30,33H,7-8,10-11H2,1-4H3,(H,26,28). The number of benzene rings is 1. The van der Waals surface area contributed by atoms with Crippen LogP contribution in [-0.4, -0.2) is 43.4 Å². The highest BCUT2D eigenvalue weighted by Gasteiger charge is 2.44. The summed E-state index contributed by atoms with van der Waals surface area (Å²) in [4.78, 5) is 11.8. The van der Waals surface area contributed by atoms with Crippen molar-refractivity contribution < 1.29 is 9.50 Å². The maximum atomic E-state index is 14.6. The number of aromatic nitrogens is 4. The lowest BCUT2D eigenvalue weighted by molar-refractivity contribution is 0.257. The number of nitrogens with zero attached hydrogens (tertiary/aromatic N) is 5. The molecule has 8 nitrogen and oxygen atoms in total. The summed E-state index contributed by atoms with van der Waals surface area (Å²) >= 11 is 6.56. The first-order valence-electron chi connectivity index (χ1n) is 11.0. The maximum Gasteiger partial charge on any atom is 0.164 e. The summed E-state index contributed by atoms with van der Waals surface area (Å²) in [7, 11) is 2.00. The molecule has 10 heteroatoms. The van der Waals surface area contributed by atoms with E-state index in [1.807, 2.05) is 32.5 Å². The zero-order valence-electron chi connectivity index (χ0n) is 19.1. The Balaban J connectivity index is 1.79. The molecule has 2 aromatic heterocycles. The van der Waals surface area contributed by atoms with Crippen molar-refractivity contribution in [2.75, 3.05) is 19.1 Å². The number of aliphatic hydroxyl groups excluding tert-OH is 1. The molecule has 3 aromatic rings. The van der Waals surface area contributed by atoms with Crippen LogP contribution in [0.3, 0.4) is 0 Å². The number of halogens is 2. The molecule has 174 valence electrons. The quantitative estimate of drug-likeness (QED) is 0.528. The first kappa shape index (κ1) is 22.2. The Hall–Kier alpha value is -2.59. The lowest BCUT2D eigenvalue weighted by Gasteiger charge is -2.34. The third kappa shape index (κ3) is 3.42. The van der Waals surface area contributed by atoms with Gasteiger partial charge in [-0.1, -0.05) is 24.6 Å². The molecule has 5 rings (SSSR count). The van der Waals surface area contributed by atoms with Crippen molar-refractivity contribution in [2.45, 2.75) is 51.9 Å². The minimum absolute atomic E-state index is 0.0196. The van der Waals surface area contributed by atoms with Gasteiger partial charge in [0.25, 0.3) is 0 Å². The third-order valence-corrected chi connectivity index (χ3v) is 7.27. The monoisotopic (exact) mass is 471 g/mol. The van der Waals surface area contributed by atoms with E-state index in [0.717, 1.165) is 33.8 Å². The minimum Gasteiger partial charge on any atom is -0.394 e. The van der Waals surface area contributed by atoms with E-state index in [0.29, 0.717) is 31.1 Å². The SMILES string of the molecule is Cc1nn(CCO)c2c1-c1cnc3c(n1)C(C)(NN3)C(C)c1c(ccc(F)c1Cl)CN(C)C2. The molecule has 0 aliphatic carbocycles. The minimum atomic E-state index is -0.683. The molecule has 2 aliphatic heterocycles. The normalized spacial score (nSPS) is 22.2. The van der Waals surface area contributed by atoms with Crippen LogP contribution in [0.4, 0.5) is 10.2 Å². The van der Waals surface area contributed by atoms with Crippen LogP contribution in [0, 0.1) is 12.7 Å². The summed E-state index contributed by atoms with van der Waals surface area (Å²) in [6.45, 7) is 7.50. The molecule has 0 saturated carbocycles. The lowest BCUT2D eigenvalue weighted by atomic mass is 9.78. The molecular formula is C23H27ClFN7O. The number of hydrogen-bond donors (Lipinski definition) is 3. The van der Waals surface area contributed by atoms with Crippen LogP contribution in [0.1, 0.15) is 48.0 Å². The zero-order chi connectivity index (χ0) is 23.5. The number of rotatable bonds is 2. The van der Waals surface area contributed by atoms with Crippen LogP contribution >= 0.6 is 11.6 Å². The molecule has 0 fully saturated rings. The van der Waals surface area contributed by atoms with Crippen molar-refractivity contribution in [2.24, 2.45) is 0 Å². The van der Waals surface area contributed by atoms with Crippen molar-refractivity contribution in [3.8, 4) is 11.3 Å². The number of aliphatic hydroxyl groups is 1. The van der Waals surface area contributed by atoms with Crippen LogP contribution in [0.25, 0.3) is 11.3 Å². The van der Waals surface area contributed by atoms with E-state index in [1.54, 1.807) is 12.3 Å². The van der Waals surface area contributed by atoms with Crippen molar-refractivity contribution in [1.82, 2.24) is 30.1 Å². The van der Waals surface area contributed by atoms with Crippen LogP contribution in [0.2, 0.25) is 5.02 Å². The van der Waals surface area contributed by atoms with Gasteiger partial charge in [-0.2, -0.15) is 5.10 Å². The summed E-state index contributed by atoms with van der Waals surface area (Å²) in [5, 5.41) is 14.4. The second-order valence-electron chi connectivity index (χ2n) is 9.09. The van der Waals surface area contributed by atoms with Gasteiger partial charge >= 0.3 is 0 Å². The Morgan fingerprint density at radius 2 is 2.12 bits per heavy atom. The topological polar surface area (TPSA) is 91.1 Å². The summed E-state index contributed by atoms with van der Waals surface area (Å²) in [5.74, 6) is -0.0108. The van der Waals surface area contributed by atoms with Crippen molar-refractivity contribution in [3.63, 3.8) is 0 Å². The molecule has 33 heavy (non-hydrogen) atoms. The second kappa shape index (κ2) is 8.02. The van der Waals surface area contributed by atoms with E-state index < -0.39 is 11.4 Å². The fourth-order valence-electron chi connectivity index (χ4n) is 5.03. The molecule has 1 aromatic carbocycles. The molecule has 2 atom stereocenters. The van der Waals surface area contributed by atoms with Gasteiger partial charge in [0.1, 0.15) is 11.5 Å². The van der Waals surface area contributed by atoms with E-state index >= 15 is 0 Å². The summed E-state index contributed by atoms with van der Waals surface area (Å²) < 4.78 is 16.4. The van der Waals surface area contributed by atoms with Crippen LogP contribution in [0.5, 0.6) is 0 Å². The van der Waals surface area contributed by atoms with E-state index in [9.17, 15) is 9.50 Å². The zero-order valence-corrected chi connectivity index (χ0v) is 19.8. The smallest absolute Gasteiger partial charge is 0.164 e. The highest BCUT2D eigenvalue weighted by molar-refractivity contribution is 6.31. The van der Waals surface area contributed by atoms with Gasteiger partial charge in [0.05, 0.1) is 47.0 Å². The number of fused-ring (bicyclic) bond motifs is 4. The van der Waals surface area contributed by atoms with Crippen LogP contribution in [0.15, 0.2) is 18.3 Å². The summed E-state index contributed by atoms with van der Waals surface area (Å²) in [6.07, 6.45) is 1.74. The maximum absolute atomic E-state index is 14.6. The predicted molar refractivity (Wildman–Crippen MR) is 124 cm³/mol. The molecule has 0 spiro atoms. The first-order chi connectivity index (χ1) is 15.7. The lowest BCUT2D eigenvalue weighted by Crippen LogP contribution is -2.42. The van der Waals surface area contributed by atoms with Gasteiger partial charge < -0.3 is 10.5 Å². The molecular weight excluding hydrogens is 445 g/mol. The molecule has 2 unspecified atom stereocenters. The first-order valence-corrected chi connectivity index (χ1v) is 11.4. The van der Waals surface area contributed by atoms with Crippen LogP contribution < -0.4 is 10.9 Å². The second-order valence-corrected chi connectivity index (χ2v) is 9.46. The molecule has 3 N–H and O–H groups in total. The Kier molecular flexibility index (Phi) is 5.40. The van der Waals surface area contributed by atoms with E-state index in [-0.39, 0.29) is 17.5 Å². The van der Waals surface area contributed by atoms with E-state index in [1.165, 1.54) is 6.07 Å². The molecule has 2 aliphatic rings. The Morgan fingerprint density at radius 1 is 1.33 bits per heavy atom. The van der Waals surface area contributed by atoms with Gasteiger partial charge in [-0.05, 0) is 38.1 Å². The number of anilines is 1. The predicted octanol–water partition coefficient (Wildman–Crippen LogP) is 3.33. The van der Waals surface area contributed by atoms with Gasteiger partial charge in [0, 0.05) is 24.6 Å². The molecule has 2 bridgehead atoms. The average molecular weight is 472 g/mol. The molecule has 0 amide bonds. The van der Waals surface area contributed by atoms with E-state index in [4.69, 9.17) is 16.6 Å². The third-order valence-electron chi connectivity index (χ3n) is 6.89. The number of hydrazine groups is 1. The molecule has 0 saturated heterocycles.